The third kappa shape index (κ3) is 2.38. The molecule has 0 aliphatic rings. The second-order valence-electron chi connectivity index (χ2n) is 4.39. The van der Waals surface area contributed by atoms with Crippen molar-refractivity contribution in [2.75, 3.05) is 18.5 Å². The van der Waals surface area contributed by atoms with Crippen molar-refractivity contribution >= 4 is 28.2 Å². The summed E-state index contributed by atoms with van der Waals surface area (Å²) in [7, 11) is 0. The Labute approximate surface area is 109 Å². The number of anilines is 1. The maximum Gasteiger partial charge on any atom is 0.159 e. The predicted molar refractivity (Wildman–Crippen MR) is 70.7 cm³/mol. The van der Waals surface area contributed by atoms with E-state index in [0.717, 1.165) is 10.8 Å². The molecule has 0 aliphatic carbocycles. The summed E-state index contributed by atoms with van der Waals surface area (Å²) in [4.78, 5) is 0. The van der Waals surface area contributed by atoms with E-state index in [0.29, 0.717) is 11.0 Å². The lowest BCUT2D eigenvalue weighted by Crippen LogP contribution is -2.42. The Hall–Kier alpha value is -1.43. The molecule has 0 aliphatic heterocycles. The van der Waals surface area contributed by atoms with E-state index in [1.54, 1.807) is 6.92 Å². The highest BCUT2D eigenvalue weighted by molar-refractivity contribution is 6.34. The van der Waals surface area contributed by atoms with E-state index in [-0.39, 0.29) is 13.2 Å². The number of fused-ring (bicyclic) bond motifs is 1. The maximum absolute atomic E-state index is 9.28. The Bertz CT molecular complexity index is 558. The van der Waals surface area contributed by atoms with Gasteiger partial charge >= 0.3 is 0 Å². The number of nitrogens with zero attached hydrogens (tertiary/aromatic N) is 2. The van der Waals surface area contributed by atoms with E-state index in [1.807, 2.05) is 24.3 Å². The molecule has 5 nitrogen and oxygen atoms in total. The molecule has 2 rings (SSSR count). The van der Waals surface area contributed by atoms with E-state index in [9.17, 15) is 10.2 Å². The Kier molecular flexibility index (Phi) is 3.65. The number of aromatic nitrogens is 2. The largest absolute Gasteiger partial charge is 0.394 e. The van der Waals surface area contributed by atoms with Crippen LogP contribution in [0.3, 0.4) is 0 Å². The molecule has 0 bridgehead atoms. The van der Waals surface area contributed by atoms with E-state index in [4.69, 9.17) is 11.6 Å². The molecule has 18 heavy (non-hydrogen) atoms. The molecular weight excluding hydrogens is 254 g/mol. The zero-order valence-corrected chi connectivity index (χ0v) is 10.6. The van der Waals surface area contributed by atoms with Gasteiger partial charge in [-0.05, 0) is 6.92 Å². The summed E-state index contributed by atoms with van der Waals surface area (Å²) in [6.45, 7) is 1.25. The molecular formula is C12H14ClN3O2. The maximum atomic E-state index is 9.28. The van der Waals surface area contributed by atoms with E-state index >= 15 is 0 Å². The second kappa shape index (κ2) is 5.06. The second-order valence-corrected chi connectivity index (χ2v) is 4.74. The van der Waals surface area contributed by atoms with Gasteiger partial charge in [0.05, 0.1) is 18.8 Å². The number of hydrogen-bond donors (Lipinski definition) is 3. The number of benzene rings is 1. The normalized spacial score (nSPS) is 11.8. The molecule has 6 heteroatoms. The summed E-state index contributed by atoms with van der Waals surface area (Å²) in [5, 5.41) is 31.3. The summed E-state index contributed by atoms with van der Waals surface area (Å²) in [5.74, 6) is 0.487. The molecule has 0 spiro atoms. The Balaban J connectivity index is 2.49. The van der Waals surface area contributed by atoms with Gasteiger partial charge in [0.2, 0.25) is 0 Å². The molecule has 0 fully saturated rings. The smallest absolute Gasteiger partial charge is 0.159 e. The monoisotopic (exact) mass is 267 g/mol. The molecule has 1 aromatic heterocycles. The first-order valence-corrected chi connectivity index (χ1v) is 5.88. The lowest BCUT2D eigenvalue weighted by molar-refractivity contribution is 0.147. The lowest BCUT2D eigenvalue weighted by Gasteiger charge is -2.27. The van der Waals surface area contributed by atoms with Crippen LogP contribution in [0.15, 0.2) is 24.3 Å². The minimum Gasteiger partial charge on any atom is -0.394 e. The zero-order valence-electron chi connectivity index (χ0n) is 9.89. The van der Waals surface area contributed by atoms with E-state index in [1.165, 1.54) is 0 Å². The van der Waals surface area contributed by atoms with Crippen molar-refractivity contribution < 1.29 is 10.2 Å². The van der Waals surface area contributed by atoms with Crippen LogP contribution in [-0.4, -0.2) is 39.2 Å². The quantitative estimate of drug-likeness (QED) is 0.781. The molecule has 0 saturated heterocycles. The lowest BCUT2D eigenvalue weighted by atomic mass is 10.0. The van der Waals surface area contributed by atoms with Crippen LogP contribution in [0.2, 0.25) is 5.15 Å². The van der Waals surface area contributed by atoms with Crippen LogP contribution >= 0.6 is 11.6 Å². The van der Waals surface area contributed by atoms with Gasteiger partial charge in [0.25, 0.3) is 0 Å². The van der Waals surface area contributed by atoms with Crippen molar-refractivity contribution in [1.29, 1.82) is 0 Å². The topological polar surface area (TPSA) is 78.3 Å². The molecule has 0 radical (unpaired) electrons. The summed E-state index contributed by atoms with van der Waals surface area (Å²) in [6.07, 6.45) is 0. The number of aliphatic hydroxyl groups excluding tert-OH is 2. The van der Waals surface area contributed by atoms with Crippen LogP contribution in [0.1, 0.15) is 6.92 Å². The fourth-order valence-corrected chi connectivity index (χ4v) is 1.78. The number of nitrogens with one attached hydrogen (secondary N) is 1. The van der Waals surface area contributed by atoms with Crippen LogP contribution in [-0.2, 0) is 0 Å². The fraction of sp³-hybridized carbons (Fsp3) is 0.333. The van der Waals surface area contributed by atoms with Crippen molar-refractivity contribution in [1.82, 2.24) is 10.2 Å². The molecule has 1 heterocycles. The Morgan fingerprint density at radius 3 is 2.39 bits per heavy atom. The molecule has 1 aromatic carbocycles. The van der Waals surface area contributed by atoms with Crippen molar-refractivity contribution in [3.05, 3.63) is 29.4 Å². The summed E-state index contributed by atoms with van der Waals surface area (Å²) in [5.41, 5.74) is -0.856. The molecule has 3 N–H and O–H groups in total. The van der Waals surface area contributed by atoms with Crippen molar-refractivity contribution in [2.24, 2.45) is 0 Å². The van der Waals surface area contributed by atoms with Crippen molar-refractivity contribution in [2.45, 2.75) is 12.5 Å². The minimum absolute atomic E-state index is 0.220. The first kappa shape index (κ1) is 13.0. The average Bonchev–Trinajstić information content (AvgIpc) is 2.42. The van der Waals surface area contributed by atoms with Gasteiger partial charge in [-0.25, -0.2) is 0 Å². The number of rotatable bonds is 4. The van der Waals surface area contributed by atoms with Crippen LogP contribution in [0.4, 0.5) is 5.82 Å². The van der Waals surface area contributed by atoms with Gasteiger partial charge in [-0.1, -0.05) is 35.9 Å². The van der Waals surface area contributed by atoms with Gasteiger partial charge in [0, 0.05) is 10.8 Å². The number of aliphatic hydroxyl groups is 2. The molecule has 0 saturated carbocycles. The molecule has 96 valence electrons. The number of hydrogen-bond acceptors (Lipinski definition) is 5. The highest BCUT2D eigenvalue weighted by atomic mass is 35.5. The van der Waals surface area contributed by atoms with Crippen molar-refractivity contribution in [3.63, 3.8) is 0 Å². The zero-order chi connectivity index (χ0) is 13.2. The summed E-state index contributed by atoms with van der Waals surface area (Å²) >= 11 is 5.97. The first-order valence-electron chi connectivity index (χ1n) is 5.50. The van der Waals surface area contributed by atoms with Gasteiger partial charge in [0.1, 0.15) is 0 Å². The van der Waals surface area contributed by atoms with Crippen molar-refractivity contribution in [3.8, 4) is 0 Å². The summed E-state index contributed by atoms with van der Waals surface area (Å²) in [6, 6.07) is 7.41. The molecule has 2 aromatic rings. The molecule has 0 atom stereocenters. The minimum atomic E-state index is -0.856. The highest BCUT2D eigenvalue weighted by Crippen LogP contribution is 2.27. The Morgan fingerprint density at radius 2 is 1.78 bits per heavy atom. The molecule has 0 unspecified atom stereocenters. The SMILES string of the molecule is CC(CO)(CO)Nc1nnc(Cl)c2ccccc12. The summed E-state index contributed by atoms with van der Waals surface area (Å²) < 4.78 is 0. The molecule has 0 amide bonds. The highest BCUT2D eigenvalue weighted by Gasteiger charge is 2.23. The van der Waals surface area contributed by atoms with Gasteiger partial charge in [-0.15, -0.1) is 10.2 Å². The van der Waals surface area contributed by atoms with Gasteiger partial charge in [-0.2, -0.15) is 0 Å². The van der Waals surface area contributed by atoms with Crippen LogP contribution in [0, 0.1) is 0 Å². The van der Waals surface area contributed by atoms with E-state index in [2.05, 4.69) is 15.5 Å². The standard InChI is InChI=1S/C12H14ClN3O2/c1-12(6-17,7-18)14-11-9-5-3-2-4-8(9)10(13)15-16-11/h2-5,17-18H,6-7H2,1H3,(H,14,16). The predicted octanol–water partition coefficient (Wildman–Crippen LogP) is 1.44. The van der Waals surface area contributed by atoms with Gasteiger partial charge in [-0.3, -0.25) is 0 Å². The third-order valence-corrected chi connectivity index (χ3v) is 3.04. The first-order chi connectivity index (χ1) is 8.59. The van der Waals surface area contributed by atoms with Crippen LogP contribution < -0.4 is 5.32 Å². The van der Waals surface area contributed by atoms with Crippen LogP contribution in [0.5, 0.6) is 0 Å². The average molecular weight is 268 g/mol. The fourth-order valence-electron chi connectivity index (χ4n) is 1.58. The van der Waals surface area contributed by atoms with Crippen LogP contribution in [0.25, 0.3) is 10.8 Å². The van der Waals surface area contributed by atoms with Gasteiger partial charge in [0.15, 0.2) is 11.0 Å². The van der Waals surface area contributed by atoms with E-state index < -0.39 is 5.54 Å². The number of halogens is 1. The third-order valence-electron chi connectivity index (χ3n) is 2.76. The van der Waals surface area contributed by atoms with Gasteiger partial charge < -0.3 is 15.5 Å². The Morgan fingerprint density at radius 1 is 1.17 bits per heavy atom.